The molecule has 0 unspecified atom stereocenters. The SMILES string of the molecule is CN(C)C(=O)N1CCC(C(=O)N(C)c2ccccc2F)CC1. The summed E-state index contributed by atoms with van der Waals surface area (Å²) in [5.41, 5.74) is 0.291. The van der Waals surface area contributed by atoms with Gasteiger partial charge < -0.3 is 14.7 Å². The van der Waals surface area contributed by atoms with Crippen LogP contribution in [0.2, 0.25) is 0 Å². The number of halogens is 1. The molecule has 0 aliphatic carbocycles. The van der Waals surface area contributed by atoms with Gasteiger partial charge in [0.05, 0.1) is 5.69 Å². The lowest BCUT2D eigenvalue weighted by atomic mass is 9.95. The number of urea groups is 1. The van der Waals surface area contributed by atoms with Crippen LogP contribution in [0.25, 0.3) is 0 Å². The summed E-state index contributed by atoms with van der Waals surface area (Å²) in [7, 11) is 5.02. The zero-order valence-corrected chi connectivity index (χ0v) is 13.3. The van der Waals surface area contributed by atoms with Crippen LogP contribution in [0.4, 0.5) is 14.9 Å². The summed E-state index contributed by atoms with van der Waals surface area (Å²) in [4.78, 5) is 29.0. The molecule has 5 nitrogen and oxygen atoms in total. The summed E-state index contributed by atoms with van der Waals surface area (Å²) in [6, 6.07) is 6.21. The fourth-order valence-electron chi connectivity index (χ4n) is 2.72. The van der Waals surface area contributed by atoms with Crippen molar-refractivity contribution in [2.75, 3.05) is 39.1 Å². The van der Waals surface area contributed by atoms with Gasteiger partial charge in [0.2, 0.25) is 5.91 Å². The highest BCUT2D eigenvalue weighted by molar-refractivity contribution is 5.94. The Kier molecular flexibility index (Phi) is 5.00. The smallest absolute Gasteiger partial charge is 0.319 e. The third kappa shape index (κ3) is 3.37. The van der Waals surface area contributed by atoms with E-state index < -0.39 is 5.82 Å². The Hall–Kier alpha value is -2.11. The highest BCUT2D eigenvalue weighted by atomic mass is 19.1. The Balaban J connectivity index is 1.98. The molecule has 1 aromatic rings. The Morgan fingerprint density at radius 1 is 1.14 bits per heavy atom. The standard InChI is InChI=1S/C16H22FN3O2/c1-18(2)16(22)20-10-8-12(9-11-20)15(21)19(3)14-7-5-4-6-13(14)17/h4-7,12H,8-11H2,1-3H3. The maximum absolute atomic E-state index is 13.8. The normalized spacial score (nSPS) is 15.5. The van der Waals surface area contributed by atoms with Crippen LogP contribution in [0.15, 0.2) is 24.3 Å². The minimum Gasteiger partial charge on any atom is -0.331 e. The van der Waals surface area contributed by atoms with Crippen molar-refractivity contribution < 1.29 is 14.0 Å². The highest BCUT2D eigenvalue weighted by Gasteiger charge is 2.30. The number of nitrogens with zero attached hydrogens (tertiary/aromatic N) is 3. The van der Waals surface area contributed by atoms with Crippen LogP contribution in [0.3, 0.4) is 0 Å². The van der Waals surface area contributed by atoms with Gasteiger partial charge in [0.25, 0.3) is 0 Å². The molecular weight excluding hydrogens is 285 g/mol. The van der Waals surface area contributed by atoms with E-state index >= 15 is 0 Å². The maximum atomic E-state index is 13.8. The monoisotopic (exact) mass is 307 g/mol. The zero-order valence-electron chi connectivity index (χ0n) is 13.3. The van der Waals surface area contributed by atoms with Crippen molar-refractivity contribution in [3.8, 4) is 0 Å². The van der Waals surface area contributed by atoms with E-state index in [0.717, 1.165) is 0 Å². The van der Waals surface area contributed by atoms with E-state index in [1.54, 1.807) is 44.2 Å². The van der Waals surface area contributed by atoms with Crippen molar-refractivity contribution >= 4 is 17.6 Å². The van der Waals surface area contributed by atoms with E-state index in [9.17, 15) is 14.0 Å². The minimum absolute atomic E-state index is 0.0339. The summed E-state index contributed by atoms with van der Waals surface area (Å²) in [5, 5.41) is 0. The lowest BCUT2D eigenvalue weighted by molar-refractivity contribution is -0.123. The Labute approximate surface area is 130 Å². The van der Waals surface area contributed by atoms with Gasteiger partial charge in [0, 0.05) is 40.2 Å². The van der Waals surface area contributed by atoms with Crippen molar-refractivity contribution in [2.24, 2.45) is 5.92 Å². The molecule has 22 heavy (non-hydrogen) atoms. The summed E-state index contributed by atoms with van der Waals surface area (Å²) in [5.74, 6) is -0.670. The van der Waals surface area contributed by atoms with Crippen molar-refractivity contribution in [3.63, 3.8) is 0 Å². The number of likely N-dealkylation sites (tertiary alicyclic amines) is 1. The van der Waals surface area contributed by atoms with Gasteiger partial charge in [-0.2, -0.15) is 0 Å². The van der Waals surface area contributed by atoms with Crippen LogP contribution < -0.4 is 4.90 Å². The van der Waals surface area contributed by atoms with Gasteiger partial charge in [0.15, 0.2) is 0 Å². The number of carbonyl (C=O) groups excluding carboxylic acids is 2. The average molecular weight is 307 g/mol. The number of benzene rings is 1. The molecule has 0 aromatic heterocycles. The summed E-state index contributed by atoms with van der Waals surface area (Å²) in [6.45, 7) is 1.11. The minimum atomic E-state index is -0.404. The average Bonchev–Trinajstić information content (AvgIpc) is 2.53. The van der Waals surface area contributed by atoms with Crippen LogP contribution >= 0.6 is 0 Å². The van der Waals surface area contributed by atoms with E-state index in [4.69, 9.17) is 0 Å². The molecule has 0 spiro atoms. The van der Waals surface area contributed by atoms with Crippen LogP contribution in [-0.2, 0) is 4.79 Å². The second-order valence-electron chi connectivity index (χ2n) is 5.79. The molecular formula is C16H22FN3O2. The predicted octanol–water partition coefficient (Wildman–Crippen LogP) is 2.18. The fraction of sp³-hybridized carbons (Fsp3) is 0.500. The number of hydrogen-bond donors (Lipinski definition) is 0. The number of para-hydroxylation sites is 1. The molecule has 120 valence electrons. The first-order chi connectivity index (χ1) is 10.4. The van der Waals surface area contributed by atoms with Gasteiger partial charge >= 0.3 is 6.03 Å². The Morgan fingerprint density at radius 2 is 1.73 bits per heavy atom. The van der Waals surface area contributed by atoms with Crippen molar-refractivity contribution in [3.05, 3.63) is 30.1 Å². The molecule has 1 heterocycles. The molecule has 6 heteroatoms. The third-order valence-corrected chi connectivity index (χ3v) is 4.04. The van der Waals surface area contributed by atoms with Gasteiger partial charge in [-0.1, -0.05) is 12.1 Å². The zero-order chi connectivity index (χ0) is 16.3. The molecule has 2 rings (SSSR count). The number of piperidine rings is 1. The largest absolute Gasteiger partial charge is 0.331 e. The Morgan fingerprint density at radius 3 is 2.27 bits per heavy atom. The lowest BCUT2D eigenvalue weighted by Gasteiger charge is -2.34. The number of amides is 3. The summed E-state index contributed by atoms with van der Waals surface area (Å²) >= 11 is 0. The molecule has 0 saturated carbocycles. The molecule has 1 fully saturated rings. The molecule has 1 aliphatic heterocycles. The second kappa shape index (κ2) is 6.77. The van der Waals surface area contributed by atoms with E-state index in [-0.39, 0.29) is 17.9 Å². The predicted molar refractivity (Wildman–Crippen MR) is 83.2 cm³/mol. The first-order valence-electron chi connectivity index (χ1n) is 7.40. The van der Waals surface area contributed by atoms with E-state index in [0.29, 0.717) is 31.6 Å². The number of hydrogen-bond acceptors (Lipinski definition) is 2. The summed E-state index contributed by atoms with van der Waals surface area (Å²) < 4.78 is 13.8. The van der Waals surface area contributed by atoms with E-state index in [1.807, 2.05) is 0 Å². The van der Waals surface area contributed by atoms with E-state index in [2.05, 4.69) is 0 Å². The molecule has 1 aliphatic rings. The molecule has 0 N–H and O–H groups in total. The summed E-state index contributed by atoms with van der Waals surface area (Å²) in [6.07, 6.45) is 1.22. The topological polar surface area (TPSA) is 43.9 Å². The first kappa shape index (κ1) is 16.3. The molecule has 0 bridgehead atoms. The highest BCUT2D eigenvalue weighted by Crippen LogP contribution is 2.24. The number of carbonyl (C=O) groups is 2. The molecule has 1 aromatic carbocycles. The fourth-order valence-corrected chi connectivity index (χ4v) is 2.72. The molecule has 0 radical (unpaired) electrons. The molecule has 3 amide bonds. The van der Waals surface area contributed by atoms with E-state index in [1.165, 1.54) is 15.9 Å². The van der Waals surface area contributed by atoms with Crippen molar-refractivity contribution in [2.45, 2.75) is 12.8 Å². The van der Waals surface area contributed by atoms with Crippen molar-refractivity contribution in [1.29, 1.82) is 0 Å². The van der Waals surface area contributed by atoms with Gasteiger partial charge in [0.1, 0.15) is 5.82 Å². The van der Waals surface area contributed by atoms with Crippen LogP contribution in [0.1, 0.15) is 12.8 Å². The van der Waals surface area contributed by atoms with Crippen molar-refractivity contribution in [1.82, 2.24) is 9.80 Å². The lowest BCUT2D eigenvalue weighted by Crippen LogP contribution is -2.46. The quantitative estimate of drug-likeness (QED) is 0.840. The van der Waals surface area contributed by atoms with Gasteiger partial charge in [-0.15, -0.1) is 0 Å². The van der Waals surface area contributed by atoms with Gasteiger partial charge in [-0.05, 0) is 25.0 Å². The maximum Gasteiger partial charge on any atom is 0.319 e. The van der Waals surface area contributed by atoms with Gasteiger partial charge in [-0.3, -0.25) is 4.79 Å². The number of anilines is 1. The third-order valence-electron chi connectivity index (χ3n) is 4.04. The second-order valence-corrected chi connectivity index (χ2v) is 5.79. The Bertz CT molecular complexity index is 554. The van der Waals surface area contributed by atoms with Crippen LogP contribution in [-0.4, -0.2) is 56.0 Å². The van der Waals surface area contributed by atoms with Crippen LogP contribution in [0.5, 0.6) is 0 Å². The number of rotatable bonds is 2. The first-order valence-corrected chi connectivity index (χ1v) is 7.40. The van der Waals surface area contributed by atoms with Gasteiger partial charge in [-0.25, -0.2) is 9.18 Å². The molecule has 0 atom stereocenters. The van der Waals surface area contributed by atoms with Crippen LogP contribution in [0, 0.1) is 11.7 Å². The molecule has 1 saturated heterocycles.